The summed E-state index contributed by atoms with van der Waals surface area (Å²) in [4.78, 5) is 4.36. The molecular formula is C22H38IN3O2. The van der Waals surface area contributed by atoms with Crippen LogP contribution < -0.4 is 15.4 Å². The van der Waals surface area contributed by atoms with Gasteiger partial charge in [-0.05, 0) is 49.8 Å². The van der Waals surface area contributed by atoms with E-state index in [-0.39, 0.29) is 41.6 Å². The number of benzene rings is 1. The average Bonchev–Trinajstić information content (AvgIpc) is 2.62. The van der Waals surface area contributed by atoms with Gasteiger partial charge in [-0.1, -0.05) is 32.9 Å². The van der Waals surface area contributed by atoms with Crippen LogP contribution in [-0.4, -0.2) is 38.4 Å². The highest BCUT2D eigenvalue weighted by molar-refractivity contribution is 14.0. The van der Waals surface area contributed by atoms with Crippen molar-refractivity contribution in [1.29, 1.82) is 0 Å². The molecule has 1 heterocycles. The summed E-state index contributed by atoms with van der Waals surface area (Å²) in [6, 6.07) is 8.20. The number of aliphatic imine (C=N–C) groups is 1. The van der Waals surface area contributed by atoms with E-state index in [0.717, 1.165) is 37.8 Å². The van der Waals surface area contributed by atoms with Crippen LogP contribution in [0.5, 0.6) is 5.75 Å². The first-order valence-corrected chi connectivity index (χ1v) is 10.1. The van der Waals surface area contributed by atoms with E-state index in [1.165, 1.54) is 12.0 Å². The monoisotopic (exact) mass is 503 g/mol. The highest BCUT2D eigenvalue weighted by Gasteiger charge is 2.35. The molecule has 0 aliphatic carbocycles. The van der Waals surface area contributed by atoms with Gasteiger partial charge in [-0.15, -0.1) is 24.0 Å². The average molecular weight is 503 g/mol. The minimum Gasteiger partial charge on any atom is -0.491 e. The lowest BCUT2D eigenvalue weighted by Gasteiger charge is -2.40. The summed E-state index contributed by atoms with van der Waals surface area (Å²) in [5.74, 6) is 2.24. The highest BCUT2D eigenvalue weighted by atomic mass is 127. The maximum Gasteiger partial charge on any atom is 0.191 e. The second kappa shape index (κ2) is 11.9. The Morgan fingerprint density at radius 3 is 2.46 bits per heavy atom. The van der Waals surface area contributed by atoms with Crippen molar-refractivity contribution >= 4 is 29.9 Å². The molecule has 2 N–H and O–H groups in total. The van der Waals surface area contributed by atoms with Gasteiger partial charge in [-0.2, -0.15) is 0 Å². The van der Waals surface area contributed by atoms with Gasteiger partial charge in [0, 0.05) is 32.7 Å². The van der Waals surface area contributed by atoms with Crippen molar-refractivity contribution < 1.29 is 9.47 Å². The SMILES string of the molecule is CN=C(NCc1ccc(OC(C)C)cc1)NCC1CCCOC1C(C)(C)C.I. The number of nitrogens with one attached hydrogen (secondary N) is 2. The Bertz CT molecular complexity index is 597. The van der Waals surface area contributed by atoms with E-state index in [1.54, 1.807) is 0 Å². The van der Waals surface area contributed by atoms with Crippen molar-refractivity contribution in [3.8, 4) is 5.75 Å². The number of hydrogen-bond acceptors (Lipinski definition) is 3. The summed E-state index contributed by atoms with van der Waals surface area (Å²) < 4.78 is 11.8. The quantitative estimate of drug-likeness (QED) is 0.339. The van der Waals surface area contributed by atoms with Crippen molar-refractivity contribution in [1.82, 2.24) is 10.6 Å². The standard InChI is InChI=1S/C22H37N3O2.HI/c1-16(2)27-19-11-9-17(10-12-19)14-24-21(23-6)25-15-18-8-7-13-26-20(18)22(3,4)5;/h9-12,16,18,20H,7-8,13-15H2,1-6H3,(H2,23,24,25);1H. The largest absolute Gasteiger partial charge is 0.491 e. The number of hydrogen-bond donors (Lipinski definition) is 2. The van der Waals surface area contributed by atoms with Crippen molar-refractivity contribution in [2.75, 3.05) is 20.2 Å². The zero-order valence-electron chi connectivity index (χ0n) is 18.2. The first-order chi connectivity index (χ1) is 12.8. The minimum atomic E-state index is 0. The van der Waals surface area contributed by atoms with Crippen LogP contribution in [0.25, 0.3) is 0 Å². The summed E-state index contributed by atoms with van der Waals surface area (Å²) in [5, 5.41) is 6.88. The summed E-state index contributed by atoms with van der Waals surface area (Å²) in [5.41, 5.74) is 1.35. The molecule has 1 aromatic rings. The molecule has 2 atom stereocenters. The molecule has 0 aromatic heterocycles. The topological polar surface area (TPSA) is 54.9 Å². The molecule has 2 rings (SSSR count). The van der Waals surface area contributed by atoms with Gasteiger partial charge < -0.3 is 20.1 Å². The molecule has 1 aromatic carbocycles. The van der Waals surface area contributed by atoms with Gasteiger partial charge in [0.2, 0.25) is 0 Å². The molecule has 5 nitrogen and oxygen atoms in total. The summed E-state index contributed by atoms with van der Waals surface area (Å²) in [7, 11) is 1.81. The van der Waals surface area contributed by atoms with Gasteiger partial charge in [0.1, 0.15) is 5.75 Å². The molecule has 160 valence electrons. The maximum atomic E-state index is 6.08. The van der Waals surface area contributed by atoms with Crippen molar-refractivity contribution in [2.24, 2.45) is 16.3 Å². The lowest BCUT2D eigenvalue weighted by molar-refractivity contribution is -0.0835. The lowest BCUT2D eigenvalue weighted by Crippen LogP contribution is -2.47. The Morgan fingerprint density at radius 2 is 1.89 bits per heavy atom. The normalized spacial score (nSPS) is 20.5. The molecular weight excluding hydrogens is 465 g/mol. The fraction of sp³-hybridized carbons (Fsp3) is 0.682. The zero-order chi connectivity index (χ0) is 19.9. The number of guanidine groups is 1. The second-order valence-electron chi connectivity index (χ2n) is 8.68. The van der Waals surface area contributed by atoms with Crippen molar-refractivity contribution in [3.63, 3.8) is 0 Å². The van der Waals surface area contributed by atoms with Crippen LogP contribution in [0, 0.1) is 11.3 Å². The number of ether oxygens (including phenoxy) is 2. The smallest absolute Gasteiger partial charge is 0.191 e. The van der Waals surface area contributed by atoms with Crippen LogP contribution in [-0.2, 0) is 11.3 Å². The maximum absolute atomic E-state index is 6.08. The van der Waals surface area contributed by atoms with E-state index in [2.05, 4.69) is 48.5 Å². The summed E-state index contributed by atoms with van der Waals surface area (Å²) >= 11 is 0. The molecule has 1 aliphatic rings. The van der Waals surface area contributed by atoms with E-state index < -0.39 is 0 Å². The second-order valence-corrected chi connectivity index (χ2v) is 8.68. The Hall–Kier alpha value is -1.02. The van der Waals surface area contributed by atoms with Crippen LogP contribution in [0.3, 0.4) is 0 Å². The predicted molar refractivity (Wildman–Crippen MR) is 128 cm³/mol. The molecule has 0 spiro atoms. The summed E-state index contributed by atoms with van der Waals surface area (Å²) in [6.07, 6.45) is 2.81. The Morgan fingerprint density at radius 1 is 1.21 bits per heavy atom. The molecule has 0 radical (unpaired) electrons. The number of halogens is 1. The highest BCUT2D eigenvalue weighted by Crippen LogP contribution is 2.33. The Balaban J connectivity index is 0.00000392. The van der Waals surface area contributed by atoms with E-state index in [4.69, 9.17) is 9.47 Å². The summed E-state index contributed by atoms with van der Waals surface area (Å²) in [6.45, 7) is 13.3. The Kier molecular flexibility index (Phi) is 10.6. The van der Waals surface area contributed by atoms with E-state index >= 15 is 0 Å². The van der Waals surface area contributed by atoms with Gasteiger partial charge >= 0.3 is 0 Å². The van der Waals surface area contributed by atoms with Gasteiger partial charge in [0.05, 0.1) is 12.2 Å². The Labute approximate surface area is 188 Å². The molecule has 0 saturated carbocycles. The van der Waals surface area contributed by atoms with Crippen LogP contribution in [0.1, 0.15) is 53.0 Å². The third-order valence-electron chi connectivity index (χ3n) is 4.81. The molecule has 6 heteroatoms. The molecule has 1 fully saturated rings. The third-order valence-corrected chi connectivity index (χ3v) is 4.81. The molecule has 0 bridgehead atoms. The first kappa shape index (κ1) is 25.0. The van der Waals surface area contributed by atoms with Gasteiger partial charge in [-0.25, -0.2) is 0 Å². The van der Waals surface area contributed by atoms with Crippen LogP contribution >= 0.6 is 24.0 Å². The molecule has 1 saturated heterocycles. The van der Waals surface area contributed by atoms with E-state index in [1.807, 2.05) is 33.0 Å². The predicted octanol–water partition coefficient (Wildman–Crippen LogP) is 4.60. The van der Waals surface area contributed by atoms with Crippen molar-refractivity contribution in [2.45, 2.75) is 66.2 Å². The zero-order valence-corrected chi connectivity index (χ0v) is 20.6. The van der Waals surface area contributed by atoms with Crippen LogP contribution in [0.15, 0.2) is 29.3 Å². The van der Waals surface area contributed by atoms with Gasteiger partial charge in [0.25, 0.3) is 0 Å². The molecule has 0 amide bonds. The van der Waals surface area contributed by atoms with E-state index in [9.17, 15) is 0 Å². The van der Waals surface area contributed by atoms with Crippen LogP contribution in [0.2, 0.25) is 0 Å². The van der Waals surface area contributed by atoms with Gasteiger partial charge in [-0.3, -0.25) is 4.99 Å². The fourth-order valence-electron chi connectivity index (χ4n) is 3.60. The third kappa shape index (κ3) is 8.15. The molecule has 2 unspecified atom stereocenters. The minimum absolute atomic E-state index is 0. The first-order valence-electron chi connectivity index (χ1n) is 10.1. The van der Waals surface area contributed by atoms with Crippen LogP contribution in [0.4, 0.5) is 0 Å². The molecule has 1 aliphatic heterocycles. The van der Waals surface area contributed by atoms with Gasteiger partial charge in [0.15, 0.2) is 5.96 Å². The van der Waals surface area contributed by atoms with E-state index in [0.29, 0.717) is 5.92 Å². The fourth-order valence-corrected chi connectivity index (χ4v) is 3.60. The molecule has 28 heavy (non-hydrogen) atoms. The number of nitrogens with zero attached hydrogens (tertiary/aromatic N) is 1. The lowest BCUT2D eigenvalue weighted by atomic mass is 9.78. The number of rotatable bonds is 6. The van der Waals surface area contributed by atoms with Crippen molar-refractivity contribution in [3.05, 3.63) is 29.8 Å².